The number of piperidine rings is 1. The average Bonchev–Trinajstić information content (AvgIpc) is 3.09. The van der Waals surface area contributed by atoms with Crippen molar-refractivity contribution in [3.8, 4) is 11.5 Å². The number of fused-ring (bicyclic) bond motifs is 1. The number of carbonyl (C=O) groups excluding carboxylic acids is 3. The van der Waals surface area contributed by atoms with Crippen molar-refractivity contribution < 1.29 is 23.9 Å². The second kappa shape index (κ2) is 8.06. The van der Waals surface area contributed by atoms with Gasteiger partial charge in [-0.2, -0.15) is 0 Å². The summed E-state index contributed by atoms with van der Waals surface area (Å²) < 4.78 is 10.6. The first kappa shape index (κ1) is 19.8. The Bertz CT molecular complexity index is 998. The van der Waals surface area contributed by atoms with Gasteiger partial charge in [-0.3, -0.25) is 19.7 Å². The van der Waals surface area contributed by atoms with E-state index >= 15 is 0 Å². The third-order valence-corrected chi connectivity index (χ3v) is 5.48. The highest BCUT2D eigenvalue weighted by atomic mass is 16.5. The van der Waals surface area contributed by atoms with Gasteiger partial charge in [0.25, 0.3) is 5.91 Å². The predicted molar refractivity (Wildman–Crippen MR) is 109 cm³/mol. The topological polar surface area (TPSA) is 97.0 Å². The maximum absolute atomic E-state index is 12.9. The number of anilines is 1. The van der Waals surface area contributed by atoms with E-state index in [1.54, 1.807) is 31.3 Å². The lowest BCUT2D eigenvalue weighted by Crippen LogP contribution is -2.52. The number of amides is 3. The number of benzene rings is 2. The molecule has 156 valence electrons. The van der Waals surface area contributed by atoms with Gasteiger partial charge in [0.05, 0.1) is 14.2 Å². The summed E-state index contributed by atoms with van der Waals surface area (Å²) in [5.41, 5.74) is 3.22. The van der Waals surface area contributed by atoms with Crippen molar-refractivity contribution in [1.82, 2.24) is 10.2 Å². The summed E-state index contributed by atoms with van der Waals surface area (Å²) in [7, 11) is 3.20. The Morgan fingerprint density at radius 2 is 1.83 bits per heavy atom. The van der Waals surface area contributed by atoms with Crippen LogP contribution >= 0.6 is 0 Å². The van der Waals surface area contributed by atoms with Gasteiger partial charge < -0.3 is 19.7 Å². The summed E-state index contributed by atoms with van der Waals surface area (Å²) in [6, 6.07) is 10.5. The van der Waals surface area contributed by atoms with Gasteiger partial charge in [-0.15, -0.1) is 0 Å². The number of carbonyl (C=O) groups is 3. The number of nitrogens with zero attached hydrogens (tertiary/aromatic N) is 1. The van der Waals surface area contributed by atoms with Gasteiger partial charge in [0.2, 0.25) is 11.8 Å². The first-order valence-electron chi connectivity index (χ1n) is 9.72. The minimum absolute atomic E-state index is 0.189. The lowest BCUT2D eigenvalue weighted by atomic mass is 10.0. The summed E-state index contributed by atoms with van der Waals surface area (Å²) in [4.78, 5) is 38.1. The highest BCUT2D eigenvalue weighted by Gasteiger charge is 2.39. The van der Waals surface area contributed by atoms with E-state index in [0.717, 1.165) is 16.8 Å². The van der Waals surface area contributed by atoms with Crippen LogP contribution in [-0.2, 0) is 22.7 Å². The molecular weight excluding hydrogens is 386 g/mol. The number of nitrogens with one attached hydrogen (secondary N) is 2. The third-order valence-electron chi connectivity index (χ3n) is 5.48. The predicted octanol–water partition coefficient (Wildman–Crippen LogP) is 2.08. The van der Waals surface area contributed by atoms with Gasteiger partial charge in [-0.1, -0.05) is 6.07 Å². The Kier molecular flexibility index (Phi) is 5.31. The molecule has 0 radical (unpaired) electrons. The van der Waals surface area contributed by atoms with Crippen LogP contribution in [0.15, 0.2) is 36.4 Å². The Morgan fingerprint density at radius 3 is 2.50 bits per heavy atom. The molecule has 3 amide bonds. The van der Waals surface area contributed by atoms with E-state index < -0.39 is 11.9 Å². The summed E-state index contributed by atoms with van der Waals surface area (Å²) >= 11 is 0. The molecule has 2 N–H and O–H groups in total. The van der Waals surface area contributed by atoms with Crippen LogP contribution in [-0.4, -0.2) is 42.9 Å². The monoisotopic (exact) mass is 409 g/mol. The largest absolute Gasteiger partial charge is 0.497 e. The molecule has 4 rings (SSSR count). The van der Waals surface area contributed by atoms with Gasteiger partial charge in [0.15, 0.2) is 0 Å². The molecule has 1 saturated heterocycles. The molecule has 8 heteroatoms. The van der Waals surface area contributed by atoms with Crippen LogP contribution in [0, 0.1) is 0 Å². The zero-order chi connectivity index (χ0) is 21.3. The fourth-order valence-corrected chi connectivity index (χ4v) is 3.92. The maximum atomic E-state index is 12.9. The summed E-state index contributed by atoms with van der Waals surface area (Å²) in [5.74, 6) is 0.500. The van der Waals surface area contributed by atoms with Crippen LogP contribution in [0.4, 0.5) is 5.69 Å². The van der Waals surface area contributed by atoms with E-state index in [-0.39, 0.29) is 18.2 Å². The van der Waals surface area contributed by atoms with Crippen LogP contribution in [0.2, 0.25) is 0 Å². The van der Waals surface area contributed by atoms with E-state index in [1.807, 2.05) is 24.3 Å². The second-order valence-corrected chi connectivity index (χ2v) is 7.31. The standard InChI is InChI=1S/C22H23N3O5/c1-29-14-8-13(9-15(10-14)30-2)11-23-18-5-3-4-16-17(18)12-25(22(16)28)19-6-7-20(26)24-21(19)27/h3-5,8-10,19,23H,6-7,11-12H2,1-2H3,(H,24,26,27)/t19-/m0/s1. The number of rotatable bonds is 6. The number of ether oxygens (including phenoxy) is 2. The van der Waals surface area contributed by atoms with Crippen molar-refractivity contribution in [2.75, 3.05) is 19.5 Å². The Morgan fingerprint density at radius 1 is 1.10 bits per heavy atom. The van der Waals surface area contributed by atoms with Gasteiger partial charge >= 0.3 is 0 Å². The van der Waals surface area contributed by atoms with Crippen LogP contribution in [0.3, 0.4) is 0 Å². The minimum atomic E-state index is -0.627. The fourth-order valence-electron chi connectivity index (χ4n) is 3.92. The molecule has 0 spiro atoms. The minimum Gasteiger partial charge on any atom is -0.497 e. The lowest BCUT2D eigenvalue weighted by Gasteiger charge is -2.29. The number of hydrogen-bond acceptors (Lipinski definition) is 6. The van der Waals surface area contributed by atoms with Crippen molar-refractivity contribution in [3.63, 3.8) is 0 Å². The molecule has 2 aliphatic rings. The molecule has 30 heavy (non-hydrogen) atoms. The first-order chi connectivity index (χ1) is 14.5. The Balaban J connectivity index is 1.53. The zero-order valence-electron chi connectivity index (χ0n) is 16.9. The number of methoxy groups -OCH3 is 2. The summed E-state index contributed by atoms with van der Waals surface area (Å²) in [5, 5.41) is 5.71. The molecule has 0 bridgehead atoms. The van der Waals surface area contributed by atoms with E-state index in [9.17, 15) is 14.4 Å². The van der Waals surface area contributed by atoms with E-state index in [2.05, 4.69) is 10.6 Å². The van der Waals surface area contributed by atoms with Crippen LogP contribution < -0.4 is 20.1 Å². The molecule has 2 aromatic rings. The highest BCUT2D eigenvalue weighted by Crippen LogP contribution is 2.33. The van der Waals surface area contributed by atoms with Gasteiger partial charge in [0, 0.05) is 42.4 Å². The van der Waals surface area contributed by atoms with E-state index in [0.29, 0.717) is 36.6 Å². The molecule has 0 saturated carbocycles. The highest BCUT2D eigenvalue weighted by molar-refractivity contribution is 6.06. The molecule has 1 atom stereocenters. The summed E-state index contributed by atoms with van der Waals surface area (Å²) in [6.07, 6.45) is 0.579. The lowest BCUT2D eigenvalue weighted by molar-refractivity contribution is -0.136. The van der Waals surface area contributed by atoms with Crippen LogP contribution in [0.25, 0.3) is 0 Å². The first-order valence-corrected chi connectivity index (χ1v) is 9.72. The van der Waals surface area contributed by atoms with Gasteiger partial charge in [0.1, 0.15) is 17.5 Å². The zero-order valence-corrected chi connectivity index (χ0v) is 16.9. The third kappa shape index (κ3) is 3.68. The smallest absolute Gasteiger partial charge is 0.255 e. The average molecular weight is 409 g/mol. The normalized spacial score (nSPS) is 18.1. The van der Waals surface area contributed by atoms with Gasteiger partial charge in [-0.05, 0) is 36.2 Å². The van der Waals surface area contributed by atoms with Crippen molar-refractivity contribution in [2.45, 2.75) is 32.0 Å². The molecular formula is C22H23N3O5. The molecule has 1 fully saturated rings. The summed E-state index contributed by atoms with van der Waals surface area (Å²) in [6.45, 7) is 0.835. The Hall–Kier alpha value is -3.55. The van der Waals surface area contributed by atoms with Crippen LogP contribution in [0.1, 0.15) is 34.3 Å². The second-order valence-electron chi connectivity index (χ2n) is 7.31. The van der Waals surface area contributed by atoms with Gasteiger partial charge in [-0.25, -0.2) is 0 Å². The molecule has 8 nitrogen and oxygen atoms in total. The molecule has 0 aliphatic carbocycles. The molecule has 2 heterocycles. The molecule has 2 aliphatic heterocycles. The van der Waals surface area contributed by atoms with Crippen molar-refractivity contribution in [2.24, 2.45) is 0 Å². The maximum Gasteiger partial charge on any atom is 0.255 e. The van der Waals surface area contributed by atoms with Crippen molar-refractivity contribution in [3.05, 3.63) is 53.1 Å². The quantitative estimate of drug-likeness (QED) is 0.709. The van der Waals surface area contributed by atoms with E-state index in [4.69, 9.17) is 9.47 Å². The number of imide groups is 1. The van der Waals surface area contributed by atoms with Crippen molar-refractivity contribution in [1.29, 1.82) is 0 Å². The molecule has 0 aromatic heterocycles. The SMILES string of the molecule is COc1cc(CNc2cccc3c2CN([C@H]2CCC(=O)NC2=O)C3=O)cc(OC)c1. The van der Waals surface area contributed by atoms with Crippen LogP contribution in [0.5, 0.6) is 11.5 Å². The van der Waals surface area contributed by atoms with E-state index in [1.165, 1.54) is 0 Å². The Labute approximate surface area is 174 Å². The number of hydrogen-bond donors (Lipinski definition) is 2. The fraction of sp³-hybridized carbons (Fsp3) is 0.318. The molecule has 0 unspecified atom stereocenters. The van der Waals surface area contributed by atoms with Crippen molar-refractivity contribution >= 4 is 23.4 Å². The molecule has 2 aromatic carbocycles.